The number of aliphatic hydroxyl groups excluding tert-OH is 1. The predicted molar refractivity (Wildman–Crippen MR) is 104 cm³/mol. The zero-order chi connectivity index (χ0) is 20.3. The van der Waals surface area contributed by atoms with Crippen LogP contribution in [0.5, 0.6) is 6.01 Å². The molecule has 150 valence electrons. The van der Waals surface area contributed by atoms with Gasteiger partial charge >= 0.3 is 17.3 Å². The maximum Gasteiger partial charge on any atom is 0.396 e. The fourth-order valence-electron chi connectivity index (χ4n) is 2.93. The number of nitrogens with zero attached hydrogens (tertiary/aromatic N) is 5. The molecule has 2 aromatic heterocycles. The Morgan fingerprint density at radius 2 is 1.89 bits per heavy atom. The number of benzene rings is 1. The van der Waals surface area contributed by atoms with E-state index in [1.54, 1.807) is 23.7 Å². The number of hydrogen-bond acceptors (Lipinski definition) is 5. The molecule has 1 N–H and O–H groups in total. The normalized spacial score (nSPS) is 11.3. The minimum absolute atomic E-state index is 0.143. The van der Waals surface area contributed by atoms with E-state index in [1.807, 2.05) is 12.1 Å². The van der Waals surface area contributed by atoms with Gasteiger partial charge in [-0.05, 0) is 41.9 Å². The summed E-state index contributed by atoms with van der Waals surface area (Å²) in [7, 11) is 2.97. The number of imidazole rings is 1. The van der Waals surface area contributed by atoms with Gasteiger partial charge in [-0.3, -0.25) is 4.57 Å². The smallest absolute Gasteiger partial charge is 0.396 e. The highest BCUT2D eigenvalue weighted by Crippen LogP contribution is 2.20. The molecule has 0 aliphatic carbocycles. The second-order valence-electron chi connectivity index (χ2n) is 6.53. The zero-order valence-electron chi connectivity index (χ0n) is 15.8. The molecule has 3 aromatic rings. The van der Waals surface area contributed by atoms with E-state index in [1.165, 1.54) is 11.6 Å². The van der Waals surface area contributed by atoms with Crippen LogP contribution >= 0.6 is 11.6 Å². The third kappa shape index (κ3) is 3.95. The van der Waals surface area contributed by atoms with Gasteiger partial charge in [0, 0.05) is 18.7 Å². The SMILES string of the molecule is Cn1c(=O)n(C)[n+](=O)c2c1nc(OCCCCCO)n2Cc1ccc(Cl)cc1. The topological polar surface area (TPSA) is 97.2 Å². The van der Waals surface area contributed by atoms with Crippen molar-refractivity contribution < 1.29 is 14.4 Å². The van der Waals surface area contributed by atoms with Crippen LogP contribution in [0.4, 0.5) is 0 Å². The largest absolute Gasteiger partial charge is 0.447 e. The molecule has 1 aromatic carbocycles. The van der Waals surface area contributed by atoms with Crippen LogP contribution in [-0.4, -0.2) is 37.1 Å². The van der Waals surface area contributed by atoms with E-state index in [-0.39, 0.29) is 23.9 Å². The monoisotopic (exact) mass is 408 g/mol. The lowest BCUT2D eigenvalue weighted by molar-refractivity contribution is -0.575. The second kappa shape index (κ2) is 8.57. The average molecular weight is 409 g/mol. The van der Waals surface area contributed by atoms with Crippen molar-refractivity contribution in [1.82, 2.24) is 18.8 Å². The second-order valence-corrected chi connectivity index (χ2v) is 6.96. The Kier molecular flexibility index (Phi) is 6.15. The van der Waals surface area contributed by atoms with E-state index in [0.717, 1.165) is 23.1 Å². The molecule has 0 spiro atoms. The third-order valence-electron chi connectivity index (χ3n) is 4.51. The highest BCUT2D eigenvalue weighted by molar-refractivity contribution is 6.30. The molecule has 10 heteroatoms. The fraction of sp³-hybridized carbons (Fsp3) is 0.444. The lowest BCUT2D eigenvalue weighted by Gasteiger charge is -2.05. The minimum atomic E-state index is -0.479. The van der Waals surface area contributed by atoms with Gasteiger partial charge in [0.15, 0.2) is 0 Å². The van der Waals surface area contributed by atoms with Crippen LogP contribution < -0.4 is 15.0 Å². The Balaban J connectivity index is 2.05. The van der Waals surface area contributed by atoms with E-state index < -0.39 is 5.69 Å². The number of fused-ring (bicyclic) bond motifs is 1. The first-order valence-electron chi connectivity index (χ1n) is 9.01. The highest BCUT2D eigenvalue weighted by atomic mass is 35.5. The van der Waals surface area contributed by atoms with Gasteiger partial charge in [0.1, 0.15) is 6.54 Å². The third-order valence-corrected chi connectivity index (χ3v) is 4.76. The Labute approximate surface area is 166 Å². The van der Waals surface area contributed by atoms with E-state index in [9.17, 15) is 9.70 Å². The highest BCUT2D eigenvalue weighted by Gasteiger charge is 2.28. The maximum absolute atomic E-state index is 12.7. The summed E-state index contributed by atoms with van der Waals surface area (Å²) in [4.78, 5) is 29.3. The van der Waals surface area contributed by atoms with Crippen LogP contribution in [-0.2, 0) is 20.6 Å². The van der Waals surface area contributed by atoms with E-state index in [4.69, 9.17) is 21.4 Å². The van der Waals surface area contributed by atoms with Crippen LogP contribution in [0, 0.1) is 4.91 Å². The molecule has 0 unspecified atom stereocenters. The molecule has 0 aliphatic rings. The summed E-state index contributed by atoms with van der Waals surface area (Å²) in [5, 5.41) is 9.50. The Morgan fingerprint density at radius 3 is 2.57 bits per heavy atom. The van der Waals surface area contributed by atoms with Crippen molar-refractivity contribution in [3.8, 4) is 6.01 Å². The maximum atomic E-state index is 12.7. The van der Waals surface area contributed by atoms with Crippen molar-refractivity contribution in [2.24, 2.45) is 14.1 Å². The summed E-state index contributed by atoms with van der Waals surface area (Å²) in [6, 6.07) is 7.52. The number of hydrogen-bond donors (Lipinski definition) is 1. The molecule has 2 heterocycles. The van der Waals surface area contributed by atoms with Crippen LogP contribution in [0.2, 0.25) is 5.02 Å². The Hall–Kier alpha value is -2.65. The predicted octanol–water partition coefficient (Wildman–Crippen LogP) is 1.23. The lowest BCUT2D eigenvalue weighted by atomic mass is 10.2. The van der Waals surface area contributed by atoms with Gasteiger partial charge in [0.2, 0.25) is 5.65 Å². The van der Waals surface area contributed by atoms with Gasteiger partial charge in [-0.1, -0.05) is 23.7 Å². The van der Waals surface area contributed by atoms with Crippen LogP contribution in [0.15, 0.2) is 29.1 Å². The van der Waals surface area contributed by atoms with Gasteiger partial charge in [-0.25, -0.2) is 4.79 Å². The number of halogens is 1. The molecular formula is C18H23ClN5O4+. The fourth-order valence-corrected chi connectivity index (χ4v) is 3.06. The van der Waals surface area contributed by atoms with Gasteiger partial charge in [-0.2, -0.15) is 4.57 Å². The number of rotatable bonds is 8. The van der Waals surface area contributed by atoms with Crippen molar-refractivity contribution in [2.45, 2.75) is 25.8 Å². The molecule has 0 radical (unpaired) electrons. The first kappa shape index (κ1) is 20.1. The zero-order valence-corrected chi connectivity index (χ0v) is 16.6. The van der Waals surface area contributed by atoms with Crippen molar-refractivity contribution in [1.29, 1.82) is 0 Å². The molecule has 28 heavy (non-hydrogen) atoms. The van der Waals surface area contributed by atoms with E-state index >= 15 is 0 Å². The molecule has 0 amide bonds. The Bertz CT molecular complexity index is 1080. The Morgan fingerprint density at radius 1 is 1.18 bits per heavy atom. The lowest BCUT2D eigenvalue weighted by Crippen LogP contribution is -2.44. The first-order valence-corrected chi connectivity index (χ1v) is 9.39. The molecular weight excluding hydrogens is 386 g/mol. The number of aromatic nitrogens is 5. The van der Waals surface area contributed by atoms with Crippen molar-refractivity contribution in [2.75, 3.05) is 13.2 Å². The summed E-state index contributed by atoms with van der Waals surface area (Å²) in [6.07, 6.45) is 2.27. The summed E-state index contributed by atoms with van der Waals surface area (Å²) in [5.41, 5.74) is 0.904. The van der Waals surface area contributed by atoms with Crippen LogP contribution in [0.25, 0.3) is 11.3 Å². The molecule has 0 saturated carbocycles. The molecule has 0 saturated heterocycles. The standard InChI is InChI=1S/C18H23ClN5O4/c1-21-15-16(24(27)22(2)18(21)26)23(12-13-6-8-14(19)9-7-13)17(20-15)28-11-5-3-4-10-25/h6-9,25H,3-5,10-12H2,1-2H3/q+1. The van der Waals surface area contributed by atoms with Gasteiger partial charge in [0.05, 0.1) is 18.2 Å². The van der Waals surface area contributed by atoms with Crippen LogP contribution in [0.3, 0.4) is 0 Å². The molecule has 9 nitrogen and oxygen atoms in total. The number of aliphatic hydroxyl groups is 1. The van der Waals surface area contributed by atoms with Gasteiger partial charge < -0.3 is 9.84 Å². The first-order chi connectivity index (χ1) is 13.4. The molecule has 3 rings (SSSR count). The van der Waals surface area contributed by atoms with Gasteiger partial charge in [0.25, 0.3) is 0 Å². The average Bonchev–Trinajstić information content (AvgIpc) is 3.04. The van der Waals surface area contributed by atoms with Crippen LogP contribution in [0.1, 0.15) is 24.8 Å². The summed E-state index contributed by atoms with van der Waals surface area (Å²) in [6.45, 7) is 0.868. The molecule has 0 bridgehead atoms. The van der Waals surface area contributed by atoms with E-state index in [0.29, 0.717) is 29.1 Å². The number of unbranched alkanes of at least 4 members (excludes halogenated alkanes) is 2. The minimum Gasteiger partial charge on any atom is -0.447 e. The molecule has 0 atom stereocenters. The molecule has 0 aliphatic heterocycles. The number of ether oxygens (including phenoxy) is 1. The quantitative estimate of drug-likeness (QED) is 0.446. The number of aryl methyl sites for hydroxylation is 1. The van der Waals surface area contributed by atoms with Crippen molar-refractivity contribution in [3.05, 3.63) is 50.2 Å². The van der Waals surface area contributed by atoms with Gasteiger partial charge in [-0.15, -0.1) is 9.67 Å². The van der Waals surface area contributed by atoms with Crippen molar-refractivity contribution >= 4 is 22.9 Å². The summed E-state index contributed by atoms with van der Waals surface area (Å²) in [5.74, 6) is 0. The molecule has 0 fully saturated rings. The summed E-state index contributed by atoms with van der Waals surface area (Å²) < 4.78 is 10.3. The summed E-state index contributed by atoms with van der Waals surface area (Å²) >= 11 is 5.96. The van der Waals surface area contributed by atoms with Crippen molar-refractivity contribution in [3.63, 3.8) is 0 Å². The van der Waals surface area contributed by atoms with E-state index in [2.05, 4.69) is 4.98 Å².